The highest BCUT2D eigenvalue weighted by Crippen LogP contribution is 2.32. The van der Waals surface area contributed by atoms with Crippen LogP contribution < -0.4 is 5.32 Å². The zero-order chi connectivity index (χ0) is 15.8. The molecule has 0 radical (unpaired) electrons. The number of aromatic nitrogens is 3. The molecule has 1 saturated heterocycles. The summed E-state index contributed by atoms with van der Waals surface area (Å²) in [6.07, 6.45) is 7.32. The molecule has 0 bridgehead atoms. The molecule has 7 nitrogen and oxygen atoms in total. The van der Waals surface area contributed by atoms with E-state index in [0.29, 0.717) is 12.5 Å². The fourth-order valence-corrected chi connectivity index (χ4v) is 3.61. The van der Waals surface area contributed by atoms with Gasteiger partial charge in [0.05, 0.1) is 24.6 Å². The fourth-order valence-electron chi connectivity index (χ4n) is 3.61. The second-order valence-electron chi connectivity index (χ2n) is 6.42. The van der Waals surface area contributed by atoms with E-state index in [0.717, 1.165) is 16.9 Å². The lowest BCUT2D eigenvalue weighted by Crippen LogP contribution is -2.24. The van der Waals surface area contributed by atoms with Gasteiger partial charge >= 0.3 is 0 Å². The Bertz CT molecular complexity index is 683. The van der Waals surface area contributed by atoms with Crippen molar-refractivity contribution < 1.29 is 14.9 Å². The number of nitrogens with zero attached hydrogens (tertiary/aromatic N) is 3. The van der Waals surface area contributed by atoms with Crippen molar-refractivity contribution in [3.8, 4) is 0 Å². The molecule has 1 unspecified atom stereocenters. The Morgan fingerprint density at radius 3 is 2.87 bits per heavy atom. The Morgan fingerprint density at radius 2 is 2.13 bits per heavy atom. The van der Waals surface area contributed by atoms with E-state index < -0.39 is 12.2 Å². The zero-order valence-corrected chi connectivity index (χ0v) is 12.9. The van der Waals surface area contributed by atoms with Gasteiger partial charge in [-0.1, -0.05) is 12.8 Å². The fraction of sp³-hybridized carbons (Fsp3) is 0.625. The van der Waals surface area contributed by atoms with Crippen LogP contribution in [-0.4, -0.2) is 49.6 Å². The third-order valence-corrected chi connectivity index (χ3v) is 4.88. The molecule has 2 aromatic rings. The van der Waals surface area contributed by atoms with Gasteiger partial charge < -0.3 is 24.8 Å². The number of hydrogen-bond acceptors (Lipinski definition) is 6. The number of nitrogens with one attached hydrogen (secondary N) is 1. The molecule has 7 heteroatoms. The molecule has 3 N–H and O–H groups in total. The highest BCUT2D eigenvalue weighted by molar-refractivity contribution is 5.86. The number of anilines is 1. The lowest BCUT2D eigenvalue weighted by Gasteiger charge is -2.15. The summed E-state index contributed by atoms with van der Waals surface area (Å²) in [6, 6.07) is 2.38. The van der Waals surface area contributed by atoms with Crippen LogP contribution >= 0.6 is 0 Å². The molecular weight excluding hydrogens is 296 g/mol. The van der Waals surface area contributed by atoms with E-state index >= 15 is 0 Å². The Kier molecular flexibility index (Phi) is 3.92. The summed E-state index contributed by atoms with van der Waals surface area (Å²) >= 11 is 0. The number of rotatable bonds is 4. The summed E-state index contributed by atoms with van der Waals surface area (Å²) in [5, 5.41) is 22.7. The minimum atomic E-state index is -0.652. The summed E-state index contributed by atoms with van der Waals surface area (Å²) in [5.74, 6) is 0.811. The van der Waals surface area contributed by atoms with E-state index in [2.05, 4.69) is 15.3 Å². The Balaban J connectivity index is 1.62. The van der Waals surface area contributed by atoms with E-state index in [-0.39, 0.29) is 12.8 Å². The first-order valence-corrected chi connectivity index (χ1v) is 8.28. The van der Waals surface area contributed by atoms with Crippen LogP contribution in [0.15, 0.2) is 18.6 Å². The van der Waals surface area contributed by atoms with E-state index in [1.54, 1.807) is 12.5 Å². The predicted molar refractivity (Wildman–Crippen MR) is 85.0 cm³/mol. The lowest BCUT2D eigenvalue weighted by atomic mass is 10.2. The molecule has 0 spiro atoms. The molecule has 124 valence electrons. The van der Waals surface area contributed by atoms with Crippen LogP contribution in [0.1, 0.15) is 38.3 Å². The van der Waals surface area contributed by atoms with Gasteiger partial charge in [-0.25, -0.2) is 9.97 Å². The van der Waals surface area contributed by atoms with Gasteiger partial charge in [0.2, 0.25) is 0 Å². The molecule has 2 aliphatic rings. The standard InChI is InChI=1S/C16H22N4O3/c21-8-13-12(22)7-14(23-13)20-9-18-15-11(20)5-6-17-16(15)19-10-3-1-2-4-10/h5-6,9-10,12-14,21-22H,1-4,7-8H2,(H,17,19)/t12-,13?,14+/m0/s1. The van der Waals surface area contributed by atoms with Gasteiger partial charge in [0.15, 0.2) is 5.82 Å². The van der Waals surface area contributed by atoms with Crippen LogP contribution in [-0.2, 0) is 4.74 Å². The van der Waals surface area contributed by atoms with Gasteiger partial charge in [0, 0.05) is 18.7 Å². The van der Waals surface area contributed by atoms with Crippen LogP contribution in [0.25, 0.3) is 11.0 Å². The van der Waals surface area contributed by atoms with Gasteiger partial charge in [-0.2, -0.15) is 0 Å². The number of pyridine rings is 1. The van der Waals surface area contributed by atoms with Crippen LogP contribution in [0.3, 0.4) is 0 Å². The normalized spacial score (nSPS) is 28.7. The first-order chi connectivity index (χ1) is 11.3. The summed E-state index contributed by atoms with van der Waals surface area (Å²) in [5.41, 5.74) is 1.75. The molecule has 0 aromatic carbocycles. The number of imidazole rings is 1. The summed E-state index contributed by atoms with van der Waals surface area (Å²) in [6.45, 7) is -0.180. The van der Waals surface area contributed by atoms with E-state index in [9.17, 15) is 10.2 Å². The maximum atomic E-state index is 9.93. The highest BCUT2D eigenvalue weighted by atomic mass is 16.5. The number of fused-ring (bicyclic) bond motifs is 1. The van der Waals surface area contributed by atoms with Crippen LogP contribution in [0.2, 0.25) is 0 Å². The highest BCUT2D eigenvalue weighted by Gasteiger charge is 2.35. The Labute approximate surface area is 134 Å². The van der Waals surface area contributed by atoms with Crippen molar-refractivity contribution in [2.45, 2.75) is 56.6 Å². The second-order valence-corrected chi connectivity index (χ2v) is 6.42. The van der Waals surface area contributed by atoms with Gasteiger partial charge in [0.1, 0.15) is 17.8 Å². The lowest BCUT2D eigenvalue weighted by molar-refractivity contribution is -0.0430. The molecule has 3 atom stereocenters. The van der Waals surface area contributed by atoms with Gasteiger partial charge in [0.25, 0.3) is 0 Å². The summed E-state index contributed by atoms with van der Waals surface area (Å²) < 4.78 is 7.64. The number of hydrogen-bond donors (Lipinski definition) is 3. The third-order valence-electron chi connectivity index (χ3n) is 4.88. The minimum absolute atomic E-state index is 0.180. The van der Waals surface area contributed by atoms with Crippen molar-refractivity contribution in [2.75, 3.05) is 11.9 Å². The van der Waals surface area contributed by atoms with Crippen LogP contribution in [0.4, 0.5) is 5.82 Å². The quantitative estimate of drug-likeness (QED) is 0.790. The van der Waals surface area contributed by atoms with Crippen molar-refractivity contribution >= 4 is 16.9 Å². The smallest absolute Gasteiger partial charge is 0.154 e. The van der Waals surface area contributed by atoms with E-state index in [1.165, 1.54) is 25.7 Å². The number of aliphatic hydroxyl groups excluding tert-OH is 2. The van der Waals surface area contributed by atoms with Crippen LogP contribution in [0.5, 0.6) is 0 Å². The zero-order valence-electron chi connectivity index (χ0n) is 12.9. The maximum absolute atomic E-state index is 9.93. The van der Waals surface area contributed by atoms with E-state index in [1.807, 2.05) is 10.6 Å². The molecule has 2 aromatic heterocycles. The molecule has 0 amide bonds. The first kappa shape index (κ1) is 14.9. The first-order valence-electron chi connectivity index (χ1n) is 8.28. The van der Waals surface area contributed by atoms with Crippen LogP contribution in [0, 0.1) is 0 Å². The monoisotopic (exact) mass is 318 g/mol. The molecule has 4 rings (SSSR count). The molecule has 2 fully saturated rings. The third kappa shape index (κ3) is 2.69. The van der Waals surface area contributed by atoms with Gasteiger partial charge in [-0.3, -0.25) is 0 Å². The summed E-state index contributed by atoms with van der Waals surface area (Å²) in [7, 11) is 0. The molecule has 1 aliphatic heterocycles. The topological polar surface area (TPSA) is 92.4 Å². The van der Waals surface area contributed by atoms with E-state index in [4.69, 9.17) is 4.74 Å². The molecule has 1 aliphatic carbocycles. The molecular formula is C16H22N4O3. The van der Waals surface area contributed by atoms with Crippen molar-refractivity contribution in [2.24, 2.45) is 0 Å². The maximum Gasteiger partial charge on any atom is 0.154 e. The minimum Gasteiger partial charge on any atom is -0.394 e. The second kappa shape index (κ2) is 6.07. The largest absolute Gasteiger partial charge is 0.394 e. The average molecular weight is 318 g/mol. The Morgan fingerprint density at radius 1 is 1.30 bits per heavy atom. The SMILES string of the molecule is OCC1O[C@@H](n2cnc3c(NC4CCCC4)nccc32)C[C@@H]1O. The number of aliphatic hydroxyl groups is 2. The average Bonchev–Trinajstić information content (AvgIpc) is 3.26. The van der Waals surface area contributed by atoms with Crippen molar-refractivity contribution in [1.29, 1.82) is 0 Å². The van der Waals surface area contributed by atoms with Crippen molar-refractivity contribution in [1.82, 2.24) is 14.5 Å². The predicted octanol–water partition coefficient (Wildman–Crippen LogP) is 1.43. The molecule has 23 heavy (non-hydrogen) atoms. The van der Waals surface area contributed by atoms with Gasteiger partial charge in [-0.15, -0.1) is 0 Å². The van der Waals surface area contributed by atoms with Crippen molar-refractivity contribution in [3.63, 3.8) is 0 Å². The molecule has 1 saturated carbocycles. The van der Waals surface area contributed by atoms with Gasteiger partial charge in [-0.05, 0) is 18.9 Å². The van der Waals surface area contributed by atoms with Crippen molar-refractivity contribution in [3.05, 3.63) is 18.6 Å². The Hall–Kier alpha value is -1.70. The molecule has 3 heterocycles. The number of ether oxygens (including phenoxy) is 1. The summed E-state index contributed by atoms with van der Waals surface area (Å²) in [4.78, 5) is 8.93.